The van der Waals surface area contributed by atoms with Crippen molar-refractivity contribution in [1.29, 1.82) is 0 Å². The predicted molar refractivity (Wildman–Crippen MR) is 75.9 cm³/mol. The molecule has 6 heteroatoms. The van der Waals surface area contributed by atoms with Crippen molar-refractivity contribution in [1.82, 2.24) is 14.5 Å². The molecule has 0 radical (unpaired) electrons. The zero-order valence-corrected chi connectivity index (χ0v) is 12.7. The molecule has 0 fully saturated rings. The maximum Gasteiger partial charge on any atom is 0.160 e. The van der Waals surface area contributed by atoms with E-state index in [1.54, 1.807) is 6.20 Å². The van der Waals surface area contributed by atoms with Crippen LogP contribution in [0.2, 0.25) is 0 Å². The summed E-state index contributed by atoms with van der Waals surface area (Å²) >= 11 is 9.33. The lowest BCUT2D eigenvalue weighted by molar-refractivity contribution is 0.0642. The topological polar surface area (TPSA) is 39.9 Å². The first-order valence-electron chi connectivity index (χ1n) is 5.84. The van der Waals surface area contributed by atoms with Crippen LogP contribution in [-0.4, -0.2) is 27.2 Å². The van der Waals surface area contributed by atoms with Crippen molar-refractivity contribution < 1.29 is 4.74 Å². The third-order valence-corrected chi connectivity index (χ3v) is 3.31. The van der Waals surface area contributed by atoms with Gasteiger partial charge < -0.3 is 9.30 Å². The highest BCUT2D eigenvalue weighted by molar-refractivity contribution is 9.10. The van der Waals surface area contributed by atoms with E-state index >= 15 is 0 Å². The molecular formula is C12H15BrClN3O. The maximum atomic E-state index is 5.94. The molecule has 0 aliphatic heterocycles. The van der Waals surface area contributed by atoms with Gasteiger partial charge in [0.25, 0.3) is 0 Å². The second-order valence-electron chi connectivity index (χ2n) is 4.03. The molecule has 2 rings (SSSR count). The lowest BCUT2D eigenvalue weighted by Crippen LogP contribution is -2.18. The molecule has 0 bridgehead atoms. The molecule has 0 saturated heterocycles. The van der Waals surface area contributed by atoms with Gasteiger partial charge in [-0.05, 0) is 35.8 Å². The van der Waals surface area contributed by atoms with Gasteiger partial charge in [-0.25, -0.2) is 9.97 Å². The van der Waals surface area contributed by atoms with Gasteiger partial charge in [-0.15, -0.1) is 11.6 Å². The maximum absolute atomic E-state index is 5.94. The molecule has 4 nitrogen and oxygen atoms in total. The molecule has 0 aliphatic carbocycles. The van der Waals surface area contributed by atoms with Gasteiger partial charge in [0.1, 0.15) is 11.3 Å². The van der Waals surface area contributed by atoms with Crippen LogP contribution in [0.3, 0.4) is 0 Å². The van der Waals surface area contributed by atoms with Gasteiger partial charge in [0.15, 0.2) is 5.65 Å². The standard InChI is InChI=1S/C12H15BrClN3O/c1-3-18-8(2)7-17-11(5-14)16-10-4-9(13)6-15-12(10)17/h4,6,8H,3,5,7H2,1-2H3. The zero-order valence-electron chi connectivity index (χ0n) is 10.4. The van der Waals surface area contributed by atoms with Crippen LogP contribution in [0.4, 0.5) is 0 Å². The van der Waals surface area contributed by atoms with E-state index in [0.717, 1.165) is 21.5 Å². The lowest BCUT2D eigenvalue weighted by Gasteiger charge is -2.14. The van der Waals surface area contributed by atoms with E-state index in [1.807, 2.05) is 24.5 Å². The quantitative estimate of drug-likeness (QED) is 0.788. The molecule has 1 atom stereocenters. The van der Waals surface area contributed by atoms with Crippen LogP contribution in [-0.2, 0) is 17.2 Å². The average molecular weight is 333 g/mol. The summed E-state index contributed by atoms with van der Waals surface area (Å²) in [6.45, 7) is 5.43. The van der Waals surface area contributed by atoms with Gasteiger partial charge in [-0.1, -0.05) is 0 Å². The monoisotopic (exact) mass is 331 g/mol. The van der Waals surface area contributed by atoms with Gasteiger partial charge >= 0.3 is 0 Å². The van der Waals surface area contributed by atoms with Crippen LogP contribution < -0.4 is 0 Å². The van der Waals surface area contributed by atoms with Crippen LogP contribution >= 0.6 is 27.5 Å². The van der Waals surface area contributed by atoms with Crippen molar-refractivity contribution in [3.8, 4) is 0 Å². The highest BCUT2D eigenvalue weighted by Crippen LogP contribution is 2.20. The highest BCUT2D eigenvalue weighted by atomic mass is 79.9. The van der Waals surface area contributed by atoms with E-state index in [1.165, 1.54) is 0 Å². The Bertz CT molecular complexity index is 543. The second-order valence-corrected chi connectivity index (χ2v) is 5.22. The van der Waals surface area contributed by atoms with Crippen molar-refractivity contribution in [2.45, 2.75) is 32.4 Å². The Morgan fingerprint density at radius 1 is 1.56 bits per heavy atom. The predicted octanol–water partition coefficient (Wildman–Crippen LogP) is 3.36. The van der Waals surface area contributed by atoms with Crippen molar-refractivity contribution in [2.75, 3.05) is 6.61 Å². The number of ether oxygens (including phenoxy) is 1. The van der Waals surface area contributed by atoms with E-state index < -0.39 is 0 Å². The molecule has 98 valence electrons. The largest absolute Gasteiger partial charge is 0.377 e. The van der Waals surface area contributed by atoms with E-state index in [9.17, 15) is 0 Å². The third-order valence-electron chi connectivity index (χ3n) is 2.64. The van der Waals surface area contributed by atoms with Gasteiger partial charge in [0, 0.05) is 17.3 Å². The molecule has 18 heavy (non-hydrogen) atoms. The first-order chi connectivity index (χ1) is 8.65. The summed E-state index contributed by atoms with van der Waals surface area (Å²) in [7, 11) is 0. The summed E-state index contributed by atoms with van der Waals surface area (Å²) in [5.41, 5.74) is 1.70. The molecule has 0 N–H and O–H groups in total. The van der Waals surface area contributed by atoms with Crippen LogP contribution in [0.25, 0.3) is 11.2 Å². The summed E-state index contributed by atoms with van der Waals surface area (Å²) in [5.74, 6) is 1.19. The van der Waals surface area contributed by atoms with Crippen molar-refractivity contribution in [2.24, 2.45) is 0 Å². The molecule has 0 amide bonds. The summed E-state index contributed by atoms with van der Waals surface area (Å²) in [6.07, 6.45) is 1.88. The molecule has 0 aromatic carbocycles. The number of imidazole rings is 1. The van der Waals surface area contributed by atoms with Crippen LogP contribution in [0.15, 0.2) is 16.7 Å². The minimum atomic E-state index is 0.111. The lowest BCUT2D eigenvalue weighted by atomic mass is 10.4. The number of hydrogen-bond donors (Lipinski definition) is 0. The number of alkyl halides is 1. The summed E-state index contributed by atoms with van der Waals surface area (Å²) in [6, 6.07) is 1.94. The number of aromatic nitrogens is 3. The fourth-order valence-electron chi connectivity index (χ4n) is 1.92. The Balaban J connectivity index is 2.40. The number of halogens is 2. The molecule has 0 aliphatic rings. The normalized spacial score (nSPS) is 13.1. The smallest absolute Gasteiger partial charge is 0.160 e. The Morgan fingerprint density at radius 3 is 3.00 bits per heavy atom. The molecular weight excluding hydrogens is 318 g/mol. The zero-order chi connectivity index (χ0) is 13.1. The van der Waals surface area contributed by atoms with Gasteiger partial charge in [-0.2, -0.15) is 0 Å². The van der Waals surface area contributed by atoms with Crippen LogP contribution in [0.5, 0.6) is 0 Å². The van der Waals surface area contributed by atoms with Gasteiger partial charge in [-0.3, -0.25) is 0 Å². The molecule has 2 heterocycles. The summed E-state index contributed by atoms with van der Waals surface area (Å²) < 4.78 is 8.50. The van der Waals surface area contributed by atoms with Crippen LogP contribution in [0, 0.1) is 0 Å². The fourth-order valence-corrected chi connectivity index (χ4v) is 2.44. The summed E-state index contributed by atoms with van der Waals surface area (Å²) in [4.78, 5) is 8.89. The van der Waals surface area contributed by atoms with Crippen molar-refractivity contribution >= 4 is 38.7 Å². The first kappa shape index (κ1) is 13.8. The minimum absolute atomic E-state index is 0.111. The molecule has 1 unspecified atom stereocenters. The van der Waals surface area contributed by atoms with Gasteiger partial charge in [0.2, 0.25) is 0 Å². The average Bonchev–Trinajstić information content (AvgIpc) is 2.66. The van der Waals surface area contributed by atoms with Crippen molar-refractivity contribution in [3.05, 3.63) is 22.6 Å². The highest BCUT2D eigenvalue weighted by Gasteiger charge is 2.14. The van der Waals surface area contributed by atoms with E-state index in [0.29, 0.717) is 19.0 Å². The Morgan fingerprint density at radius 2 is 2.33 bits per heavy atom. The number of pyridine rings is 1. The Hall–Kier alpha value is -0.650. The Kier molecular flexibility index (Phi) is 4.59. The molecule has 2 aromatic heterocycles. The van der Waals surface area contributed by atoms with E-state index in [2.05, 4.69) is 25.9 Å². The number of nitrogens with zero attached hydrogens (tertiary/aromatic N) is 3. The fraction of sp³-hybridized carbons (Fsp3) is 0.500. The third kappa shape index (κ3) is 2.84. The van der Waals surface area contributed by atoms with Gasteiger partial charge in [0.05, 0.1) is 18.5 Å². The second kappa shape index (κ2) is 5.99. The SMILES string of the molecule is CCOC(C)Cn1c(CCl)nc2cc(Br)cnc21. The minimum Gasteiger partial charge on any atom is -0.377 e. The van der Waals surface area contributed by atoms with Crippen LogP contribution in [0.1, 0.15) is 19.7 Å². The molecule has 0 saturated carbocycles. The van der Waals surface area contributed by atoms with E-state index in [4.69, 9.17) is 16.3 Å². The number of hydrogen-bond acceptors (Lipinski definition) is 3. The first-order valence-corrected chi connectivity index (χ1v) is 7.16. The van der Waals surface area contributed by atoms with Crippen molar-refractivity contribution in [3.63, 3.8) is 0 Å². The summed E-state index contributed by atoms with van der Waals surface area (Å²) in [5, 5.41) is 0. The molecule has 0 spiro atoms. The molecule has 2 aromatic rings. The number of fused-ring (bicyclic) bond motifs is 1. The number of rotatable bonds is 5. The Labute approximate surface area is 119 Å². The van der Waals surface area contributed by atoms with E-state index in [-0.39, 0.29) is 6.10 Å².